The van der Waals surface area contributed by atoms with Gasteiger partial charge in [-0.05, 0) is 39.7 Å². The van der Waals surface area contributed by atoms with Crippen LogP contribution in [0.3, 0.4) is 0 Å². The fourth-order valence-corrected chi connectivity index (χ4v) is 2.80. The van der Waals surface area contributed by atoms with Crippen molar-refractivity contribution in [2.24, 2.45) is 5.84 Å². The molecule has 120 valence electrons. The highest BCUT2D eigenvalue weighted by Gasteiger charge is 2.18. The first kappa shape index (κ1) is 16.5. The third-order valence-corrected chi connectivity index (χ3v) is 4.02. The number of hydrogen-bond acceptors (Lipinski definition) is 4. The normalized spacial score (nSPS) is 18.9. The highest BCUT2D eigenvalue weighted by molar-refractivity contribution is 5.02. The van der Waals surface area contributed by atoms with Gasteiger partial charge in [0.2, 0.25) is 0 Å². The molecular formula is C16H30N4O. The summed E-state index contributed by atoms with van der Waals surface area (Å²) in [4.78, 5) is 0. The van der Waals surface area contributed by atoms with Gasteiger partial charge in [-0.25, -0.2) is 0 Å². The van der Waals surface area contributed by atoms with E-state index in [4.69, 9.17) is 15.7 Å². The van der Waals surface area contributed by atoms with E-state index in [1.807, 2.05) is 0 Å². The molecule has 0 radical (unpaired) electrons. The minimum atomic E-state index is -0.142. The lowest BCUT2D eigenvalue weighted by molar-refractivity contribution is -0.0144. The van der Waals surface area contributed by atoms with Crippen molar-refractivity contribution >= 4 is 0 Å². The molecule has 21 heavy (non-hydrogen) atoms. The van der Waals surface area contributed by atoms with Gasteiger partial charge in [-0.2, -0.15) is 5.10 Å². The highest BCUT2D eigenvalue weighted by Crippen LogP contribution is 2.27. The van der Waals surface area contributed by atoms with Crippen LogP contribution in [0.1, 0.15) is 64.6 Å². The van der Waals surface area contributed by atoms with Crippen molar-refractivity contribution in [2.75, 3.05) is 6.61 Å². The van der Waals surface area contributed by atoms with Crippen molar-refractivity contribution in [3.8, 4) is 0 Å². The molecule has 5 nitrogen and oxygen atoms in total. The number of aromatic nitrogens is 2. The van der Waals surface area contributed by atoms with E-state index in [9.17, 15) is 0 Å². The Morgan fingerprint density at radius 1 is 1.38 bits per heavy atom. The van der Waals surface area contributed by atoms with Gasteiger partial charge in [0.1, 0.15) is 0 Å². The van der Waals surface area contributed by atoms with E-state index < -0.39 is 0 Å². The fraction of sp³-hybridized carbons (Fsp3) is 0.812. The molecule has 1 heterocycles. The van der Waals surface area contributed by atoms with E-state index in [0.29, 0.717) is 12.6 Å². The SMILES string of the molecule is CC(C)(C)OCC(Cc1ccn(C2CCCCC2)n1)NN. The maximum Gasteiger partial charge on any atom is 0.0644 e. The lowest BCUT2D eigenvalue weighted by atomic mass is 9.96. The van der Waals surface area contributed by atoms with E-state index in [0.717, 1.165) is 12.1 Å². The van der Waals surface area contributed by atoms with Gasteiger partial charge >= 0.3 is 0 Å². The molecule has 1 aromatic rings. The number of hydrazine groups is 1. The van der Waals surface area contributed by atoms with Crippen molar-refractivity contribution in [2.45, 2.75) is 77.0 Å². The maximum absolute atomic E-state index is 5.80. The van der Waals surface area contributed by atoms with Crippen LogP contribution in [0.25, 0.3) is 0 Å². The molecule has 5 heteroatoms. The zero-order valence-electron chi connectivity index (χ0n) is 13.6. The van der Waals surface area contributed by atoms with E-state index in [2.05, 4.69) is 43.1 Å². The first-order valence-corrected chi connectivity index (χ1v) is 8.12. The van der Waals surface area contributed by atoms with Gasteiger partial charge in [-0.3, -0.25) is 16.0 Å². The third-order valence-electron chi connectivity index (χ3n) is 4.02. The number of nitrogens with one attached hydrogen (secondary N) is 1. The number of rotatable bonds is 6. The number of nitrogens with two attached hydrogens (primary N) is 1. The van der Waals surface area contributed by atoms with Crippen molar-refractivity contribution in [3.63, 3.8) is 0 Å². The van der Waals surface area contributed by atoms with E-state index in [1.54, 1.807) is 0 Å². The summed E-state index contributed by atoms with van der Waals surface area (Å²) in [7, 11) is 0. The van der Waals surface area contributed by atoms with Crippen molar-refractivity contribution in [1.29, 1.82) is 0 Å². The maximum atomic E-state index is 5.80. The minimum absolute atomic E-state index is 0.0962. The molecule has 0 saturated heterocycles. The zero-order chi connectivity index (χ0) is 15.3. The summed E-state index contributed by atoms with van der Waals surface area (Å²) in [5.41, 5.74) is 3.78. The van der Waals surface area contributed by atoms with Gasteiger partial charge < -0.3 is 4.74 Å². The van der Waals surface area contributed by atoms with Crippen LogP contribution >= 0.6 is 0 Å². The Balaban J connectivity index is 1.87. The molecule has 0 spiro atoms. The molecule has 1 saturated carbocycles. The van der Waals surface area contributed by atoms with Crippen LogP contribution in [0, 0.1) is 0 Å². The molecule has 2 rings (SSSR count). The summed E-state index contributed by atoms with van der Waals surface area (Å²) in [6.45, 7) is 6.76. The monoisotopic (exact) mass is 294 g/mol. The van der Waals surface area contributed by atoms with E-state index >= 15 is 0 Å². The summed E-state index contributed by atoms with van der Waals surface area (Å²) in [6.07, 6.45) is 9.45. The average Bonchev–Trinajstić information content (AvgIpc) is 2.92. The lowest BCUT2D eigenvalue weighted by Crippen LogP contribution is -2.42. The summed E-state index contributed by atoms with van der Waals surface area (Å²) >= 11 is 0. The first-order chi connectivity index (χ1) is 9.98. The molecule has 1 aliphatic carbocycles. The molecule has 0 amide bonds. The summed E-state index contributed by atoms with van der Waals surface area (Å²) in [5, 5.41) is 4.73. The van der Waals surface area contributed by atoms with Crippen LogP contribution in [-0.4, -0.2) is 28.0 Å². The quantitative estimate of drug-likeness (QED) is 0.625. The third kappa shape index (κ3) is 5.41. The second kappa shape index (κ2) is 7.38. The minimum Gasteiger partial charge on any atom is -0.374 e. The smallest absolute Gasteiger partial charge is 0.0644 e. The Morgan fingerprint density at radius 2 is 2.10 bits per heavy atom. The lowest BCUT2D eigenvalue weighted by Gasteiger charge is -2.24. The molecule has 0 aliphatic heterocycles. The molecule has 1 aromatic heterocycles. The van der Waals surface area contributed by atoms with Crippen LogP contribution < -0.4 is 11.3 Å². The van der Waals surface area contributed by atoms with Gasteiger partial charge in [0.25, 0.3) is 0 Å². The summed E-state index contributed by atoms with van der Waals surface area (Å²) in [5.74, 6) is 5.63. The van der Waals surface area contributed by atoms with Crippen molar-refractivity contribution in [3.05, 3.63) is 18.0 Å². The standard InChI is InChI=1S/C16H30N4O/c1-16(2,3)21-12-14(18-17)11-13-9-10-20(19-13)15-7-5-4-6-8-15/h9-10,14-15,18H,4-8,11-12,17H2,1-3H3. The number of nitrogens with zero attached hydrogens (tertiary/aromatic N) is 2. The molecule has 1 atom stereocenters. The average molecular weight is 294 g/mol. The Bertz CT molecular complexity index is 418. The Hall–Kier alpha value is -0.910. The summed E-state index contributed by atoms with van der Waals surface area (Å²) in [6, 6.07) is 2.79. The van der Waals surface area contributed by atoms with Gasteiger partial charge in [-0.1, -0.05) is 19.3 Å². The predicted octanol–water partition coefficient (Wildman–Crippen LogP) is 2.58. The topological polar surface area (TPSA) is 65.1 Å². The molecule has 1 aliphatic rings. The van der Waals surface area contributed by atoms with Gasteiger partial charge in [0.15, 0.2) is 0 Å². The zero-order valence-corrected chi connectivity index (χ0v) is 13.6. The first-order valence-electron chi connectivity index (χ1n) is 8.12. The number of hydrogen-bond donors (Lipinski definition) is 2. The summed E-state index contributed by atoms with van der Waals surface area (Å²) < 4.78 is 7.95. The Kier molecular flexibility index (Phi) is 5.79. The largest absolute Gasteiger partial charge is 0.374 e. The molecular weight excluding hydrogens is 264 g/mol. The van der Waals surface area contributed by atoms with Gasteiger partial charge in [-0.15, -0.1) is 0 Å². The molecule has 1 unspecified atom stereocenters. The molecule has 1 fully saturated rings. The van der Waals surface area contributed by atoms with E-state index in [1.165, 1.54) is 32.1 Å². The van der Waals surface area contributed by atoms with Gasteiger partial charge in [0, 0.05) is 12.6 Å². The highest BCUT2D eigenvalue weighted by atomic mass is 16.5. The van der Waals surface area contributed by atoms with Crippen LogP contribution in [-0.2, 0) is 11.2 Å². The van der Waals surface area contributed by atoms with Crippen molar-refractivity contribution in [1.82, 2.24) is 15.2 Å². The second-order valence-electron chi connectivity index (χ2n) is 7.07. The van der Waals surface area contributed by atoms with Crippen LogP contribution in [0.15, 0.2) is 12.3 Å². The molecule has 0 aromatic carbocycles. The predicted molar refractivity (Wildman–Crippen MR) is 84.9 cm³/mol. The molecule has 0 bridgehead atoms. The van der Waals surface area contributed by atoms with Crippen molar-refractivity contribution < 1.29 is 4.74 Å². The fourth-order valence-electron chi connectivity index (χ4n) is 2.80. The van der Waals surface area contributed by atoms with Crippen LogP contribution in [0.2, 0.25) is 0 Å². The Morgan fingerprint density at radius 3 is 2.71 bits per heavy atom. The van der Waals surface area contributed by atoms with Gasteiger partial charge in [0.05, 0.1) is 30.0 Å². The molecule has 3 N–H and O–H groups in total. The second-order valence-corrected chi connectivity index (χ2v) is 7.07. The Labute approximate surface area is 128 Å². The van der Waals surface area contributed by atoms with Crippen LogP contribution in [0.5, 0.6) is 0 Å². The van der Waals surface area contributed by atoms with E-state index in [-0.39, 0.29) is 11.6 Å². The van der Waals surface area contributed by atoms with Crippen LogP contribution in [0.4, 0.5) is 0 Å². The number of ether oxygens (including phenoxy) is 1.